The maximum atomic E-state index is 10.7. The molecule has 156 valence electrons. The molecule has 30 heavy (non-hydrogen) atoms. The fourth-order valence-electron chi connectivity index (χ4n) is 4.52. The minimum absolute atomic E-state index is 0.206. The van der Waals surface area contributed by atoms with E-state index in [9.17, 15) is 15.3 Å². The van der Waals surface area contributed by atoms with E-state index < -0.39 is 30.2 Å². The van der Waals surface area contributed by atoms with Gasteiger partial charge in [-0.2, -0.15) is 0 Å². The van der Waals surface area contributed by atoms with Crippen molar-refractivity contribution in [2.75, 3.05) is 0 Å². The molecule has 1 spiro atoms. The SMILES string of the molecule is C[C@H]1O[C@]2(OCc3cc(Cl)c(Cc4ccc5ccccc5c4)cc32)[C@H](O)[C@@H](O)[C@@H]1O. The standard InChI is InChI=1S/C24H23ClO5/c1-13-21(26)22(27)23(28)24(30-13)19-10-17(20(25)11-18(19)12-29-24)9-14-6-7-15-4-2-3-5-16(15)8-14/h2-8,10-11,13,21-23,26-28H,9,12H2,1H3/t13-,21-,22+,23-,24+/m1/s1. The molecule has 1 fully saturated rings. The van der Waals surface area contributed by atoms with E-state index in [2.05, 4.69) is 30.3 Å². The van der Waals surface area contributed by atoms with Crippen LogP contribution in [0.5, 0.6) is 0 Å². The molecule has 5 nitrogen and oxygen atoms in total. The molecular weight excluding hydrogens is 404 g/mol. The summed E-state index contributed by atoms with van der Waals surface area (Å²) in [7, 11) is 0. The Balaban J connectivity index is 1.54. The van der Waals surface area contributed by atoms with Crippen LogP contribution in [0.4, 0.5) is 0 Å². The minimum Gasteiger partial charge on any atom is -0.388 e. The predicted octanol–water partition coefficient (Wildman–Crippen LogP) is 3.27. The van der Waals surface area contributed by atoms with E-state index in [4.69, 9.17) is 21.1 Å². The van der Waals surface area contributed by atoms with E-state index in [1.807, 2.05) is 24.3 Å². The highest BCUT2D eigenvalue weighted by atomic mass is 35.5. The first-order valence-electron chi connectivity index (χ1n) is 10.0. The Labute approximate surface area is 179 Å². The second-order valence-corrected chi connectivity index (χ2v) is 8.57. The van der Waals surface area contributed by atoms with E-state index in [1.54, 1.807) is 6.92 Å². The van der Waals surface area contributed by atoms with Crippen molar-refractivity contribution >= 4 is 22.4 Å². The Morgan fingerprint density at radius 2 is 1.77 bits per heavy atom. The molecule has 0 radical (unpaired) electrons. The summed E-state index contributed by atoms with van der Waals surface area (Å²) in [5.41, 5.74) is 3.43. The molecule has 0 unspecified atom stereocenters. The van der Waals surface area contributed by atoms with Gasteiger partial charge >= 0.3 is 0 Å². The largest absolute Gasteiger partial charge is 0.388 e. The topological polar surface area (TPSA) is 79.2 Å². The number of aliphatic hydroxyl groups excluding tert-OH is 3. The molecule has 0 aliphatic carbocycles. The molecular formula is C24H23ClO5. The number of hydrogen-bond donors (Lipinski definition) is 3. The van der Waals surface area contributed by atoms with Gasteiger partial charge in [-0.25, -0.2) is 0 Å². The Hall–Kier alpha value is -1.99. The zero-order valence-corrected chi connectivity index (χ0v) is 17.2. The van der Waals surface area contributed by atoms with Gasteiger partial charge in [0.05, 0.1) is 12.7 Å². The van der Waals surface area contributed by atoms with Gasteiger partial charge in [0.15, 0.2) is 0 Å². The van der Waals surface area contributed by atoms with Crippen LogP contribution in [0, 0.1) is 0 Å². The summed E-state index contributed by atoms with van der Waals surface area (Å²) in [5, 5.41) is 34.1. The molecule has 3 aromatic rings. The molecule has 0 bridgehead atoms. The van der Waals surface area contributed by atoms with Crippen LogP contribution in [0.1, 0.15) is 29.2 Å². The van der Waals surface area contributed by atoms with Gasteiger partial charge in [-0.1, -0.05) is 54.1 Å². The van der Waals surface area contributed by atoms with Gasteiger partial charge in [-0.05, 0) is 52.9 Å². The third kappa shape index (κ3) is 3.05. The first-order valence-corrected chi connectivity index (χ1v) is 10.4. The van der Waals surface area contributed by atoms with Crippen molar-refractivity contribution < 1.29 is 24.8 Å². The number of rotatable bonds is 2. The van der Waals surface area contributed by atoms with E-state index in [-0.39, 0.29) is 6.61 Å². The molecule has 2 aliphatic rings. The highest BCUT2D eigenvalue weighted by Crippen LogP contribution is 2.47. The lowest BCUT2D eigenvalue weighted by Crippen LogP contribution is -2.62. The van der Waals surface area contributed by atoms with Crippen molar-refractivity contribution in [3.63, 3.8) is 0 Å². The van der Waals surface area contributed by atoms with Gasteiger partial charge in [0.25, 0.3) is 0 Å². The average Bonchev–Trinajstić information content (AvgIpc) is 3.09. The zero-order valence-electron chi connectivity index (χ0n) is 16.5. The molecule has 3 N–H and O–H groups in total. The number of halogens is 1. The Kier molecular flexibility index (Phi) is 4.86. The van der Waals surface area contributed by atoms with E-state index in [0.29, 0.717) is 17.0 Å². The smallest absolute Gasteiger partial charge is 0.225 e. The van der Waals surface area contributed by atoms with Crippen molar-refractivity contribution in [2.24, 2.45) is 0 Å². The molecule has 3 aromatic carbocycles. The zero-order chi connectivity index (χ0) is 21.0. The fourth-order valence-corrected chi connectivity index (χ4v) is 4.77. The number of ether oxygens (including phenoxy) is 2. The summed E-state index contributed by atoms with van der Waals surface area (Å²) in [6, 6.07) is 18.2. The number of aliphatic hydroxyl groups is 3. The van der Waals surface area contributed by atoms with Crippen LogP contribution < -0.4 is 0 Å². The molecule has 2 aliphatic heterocycles. The van der Waals surface area contributed by atoms with Gasteiger partial charge in [0.2, 0.25) is 5.79 Å². The van der Waals surface area contributed by atoms with Crippen LogP contribution in [-0.2, 0) is 28.3 Å². The maximum Gasteiger partial charge on any atom is 0.225 e. The van der Waals surface area contributed by atoms with Crippen molar-refractivity contribution in [3.05, 3.63) is 81.9 Å². The number of fused-ring (bicyclic) bond motifs is 3. The molecule has 2 heterocycles. The molecule has 1 saturated heterocycles. The highest BCUT2D eigenvalue weighted by molar-refractivity contribution is 6.31. The van der Waals surface area contributed by atoms with Crippen molar-refractivity contribution in [1.29, 1.82) is 0 Å². The molecule has 5 rings (SSSR count). The fraction of sp³-hybridized carbons (Fsp3) is 0.333. The summed E-state index contributed by atoms with van der Waals surface area (Å²) in [5.74, 6) is -1.52. The Morgan fingerprint density at radius 3 is 2.57 bits per heavy atom. The molecule has 6 heteroatoms. The minimum atomic E-state index is -1.52. The monoisotopic (exact) mass is 426 g/mol. The summed E-state index contributed by atoms with van der Waals surface area (Å²) >= 11 is 6.57. The van der Waals surface area contributed by atoms with Crippen molar-refractivity contribution in [3.8, 4) is 0 Å². The van der Waals surface area contributed by atoms with Crippen LogP contribution in [0.3, 0.4) is 0 Å². The number of hydrogen-bond acceptors (Lipinski definition) is 5. The molecule has 0 saturated carbocycles. The Bertz CT molecular complexity index is 1120. The number of benzene rings is 3. The molecule has 0 aromatic heterocycles. The second-order valence-electron chi connectivity index (χ2n) is 8.16. The summed E-state index contributed by atoms with van der Waals surface area (Å²) in [6.07, 6.45) is -4.08. The van der Waals surface area contributed by atoms with E-state index in [1.165, 1.54) is 5.39 Å². The lowest BCUT2D eigenvalue weighted by atomic mass is 9.86. The summed E-state index contributed by atoms with van der Waals surface area (Å²) in [4.78, 5) is 0. The summed E-state index contributed by atoms with van der Waals surface area (Å²) in [6.45, 7) is 1.85. The molecule has 0 amide bonds. The summed E-state index contributed by atoms with van der Waals surface area (Å²) < 4.78 is 11.8. The van der Waals surface area contributed by atoms with Gasteiger partial charge in [-0.15, -0.1) is 0 Å². The van der Waals surface area contributed by atoms with Crippen LogP contribution in [-0.4, -0.2) is 39.7 Å². The van der Waals surface area contributed by atoms with E-state index >= 15 is 0 Å². The highest BCUT2D eigenvalue weighted by Gasteiger charge is 2.57. The van der Waals surface area contributed by atoms with Gasteiger partial charge in [0, 0.05) is 10.6 Å². The van der Waals surface area contributed by atoms with Crippen LogP contribution in [0.25, 0.3) is 10.8 Å². The van der Waals surface area contributed by atoms with Crippen molar-refractivity contribution in [2.45, 2.75) is 50.2 Å². The van der Waals surface area contributed by atoms with E-state index in [0.717, 1.165) is 22.1 Å². The average molecular weight is 427 g/mol. The quantitative estimate of drug-likeness (QED) is 0.586. The van der Waals surface area contributed by atoms with Crippen molar-refractivity contribution in [1.82, 2.24) is 0 Å². The third-order valence-corrected chi connectivity index (χ3v) is 6.55. The first-order chi connectivity index (χ1) is 14.4. The first kappa shape index (κ1) is 19.9. The second kappa shape index (κ2) is 7.31. The third-order valence-electron chi connectivity index (χ3n) is 6.20. The van der Waals surface area contributed by atoms with Crippen LogP contribution in [0.15, 0.2) is 54.6 Å². The van der Waals surface area contributed by atoms with Gasteiger partial charge in [0.1, 0.15) is 18.3 Å². The Morgan fingerprint density at radius 1 is 1.00 bits per heavy atom. The lowest BCUT2D eigenvalue weighted by molar-refractivity contribution is -0.362. The van der Waals surface area contributed by atoms with Gasteiger partial charge in [-0.3, -0.25) is 0 Å². The van der Waals surface area contributed by atoms with Crippen LogP contribution >= 0.6 is 11.6 Å². The normalized spacial score (nSPS) is 30.7. The predicted molar refractivity (Wildman–Crippen MR) is 113 cm³/mol. The lowest BCUT2D eigenvalue weighted by Gasteiger charge is -2.45. The molecule has 5 atom stereocenters. The van der Waals surface area contributed by atoms with Gasteiger partial charge < -0.3 is 24.8 Å². The maximum absolute atomic E-state index is 10.7. The van der Waals surface area contributed by atoms with Crippen LogP contribution in [0.2, 0.25) is 5.02 Å².